The van der Waals surface area contributed by atoms with Gasteiger partial charge in [0.05, 0.1) is 5.69 Å². The summed E-state index contributed by atoms with van der Waals surface area (Å²) in [6.07, 6.45) is 8.20. The SMILES string of the molecule is CCc1nn(C)c(CC)c1CNC1CCCCCC1CO. The van der Waals surface area contributed by atoms with E-state index in [1.165, 1.54) is 42.6 Å². The molecular formula is C17H31N3O. The van der Waals surface area contributed by atoms with Crippen molar-refractivity contribution in [1.82, 2.24) is 15.1 Å². The van der Waals surface area contributed by atoms with Crippen molar-refractivity contribution in [2.45, 2.75) is 71.4 Å². The molecule has 0 radical (unpaired) electrons. The predicted molar refractivity (Wildman–Crippen MR) is 86.3 cm³/mol. The number of rotatable bonds is 6. The van der Waals surface area contributed by atoms with Gasteiger partial charge in [0.25, 0.3) is 0 Å². The lowest BCUT2D eigenvalue weighted by Crippen LogP contribution is -2.37. The first-order valence-corrected chi connectivity index (χ1v) is 8.59. The van der Waals surface area contributed by atoms with Crippen LogP contribution in [0.4, 0.5) is 0 Å². The summed E-state index contributed by atoms with van der Waals surface area (Å²) < 4.78 is 2.03. The zero-order chi connectivity index (χ0) is 15.2. The molecule has 1 heterocycles. The number of aryl methyl sites for hydroxylation is 2. The minimum absolute atomic E-state index is 0.311. The Balaban J connectivity index is 2.07. The van der Waals surface area contributed by atoms with E-state index in [1.807, 2.05) is 11.7 Å². The van der Waals surface area contributed by atoms with Gasteiger partial charge >= 0.3 is 0 Å². The van der Waals surface area contributed by atoms with Crippen molar-refractivity contribution in [2.24, 2.45) is 13.0 Å². The fourth-order valence-electron chi connectivity index (χ4n) is 3.70. The largest absolute Gasteiger partial charge is 0.396 e. The Labute approximate surface area is 128 Å². The Morgan fingerprint density at radius 2 is 1.95 bits per heavy atom. The lowest BCUT2D eigenvalue weighted by atomic mass is 9.95. The van der Waals surface area contributed by atoms with E-state index in [0.29, 0.717) is 18.6 Å². The molecule has 1 saturated carbocycles. The Bertz CT molecular complexity index is 441. The first-order valence-electron chi connectivity index (χ1n) is 8.59. The highest BCUT2D eigenvalue weighted by Crippen LogP contribution is 2.24. The number of nitrogens with zero attached hydrogens (tertiary/aromatic N) is 2. The van der Waals surface area contributed by atoms with Crippen LogP contribution in [-0.2, 0) is 26.4 Å². The highest BCUT2D eigenvalue weighted by atomic mass is 16.3. The van der Waals surface area contributed by atoms with Gasteiger partial charge in [0.15, 0.2) is 0 Å². The Morgan fingerprint density at radius 1 is 1.19 bits per heavy atom. The normalized spacial score (nSPS) is 23.2. The maximum absolute atomic E-state index is 9.63. The van der Waals surface area contributed by atoms with Crippen LogP contribution >= 0.6 is 0 Å². The lowest BCUT2D eigenvalue weighted by molar-refractivity contribution is 0.181. The van der Waals surface area contributed by atoms with Gasteiger partial charge in [-0.3, -0.25) is 4.68 Å². The second-order valence-electron chi connectivity index (χ2n) is 6.27. The Morgan fingerprint density at radius 3 is 2.62 bits per heavy atom. The van der Waals surface area contributed by atoms with Crippen LogP contribution in [0.2, 0.25) is 0 Å². The van der Waals surface area contributed by atoms with E-state index in [9.17, 15) is 5.11 Å². The smallest absolute Gasteiger partial charge is 0.0669 e. The van der Waals surface area contributed by atoms with Crippen molar-refractivity contribution in [3.63, 3.8) is 0 Å². The van der Waals surface area contributed by atoms with E-state index in [4.69, 9.17) is 0 Å². The average molecular weight is 293 g/mol. The molecular weight excluding hydrogens is 262 g/mol. The summed E-state index contributed by atoms with van der Waals surface area (Å²) in [5.74, 6) is 0.416. The monoisotopic (exact) mass is 293 g/mol. The summed E-state index contributed by atoms with van der Waals surface area (Å²) in [5.41, 5.74) is 3.94. The molecule has 0 aromatic carbocycles. The lowest BCUT2D eigenvalue weighted by Gasteiger charge is -2.25. The maximum atomic E-state index is 9.63. The van der Waals surface area contributed by atoms with E-state index in [0.717, 1.165) is 25.8 Å². The van der Waals surface area contributed by atoms with Gasteiger partial charge in [0, 0.05) is 37.5 Å². The molecule has 1 aliphatic rings. The van der Waals surface area contributed by atoms with Crippen molar-refractivity contribution < 1.29 is 5.11 Å². The van der Waals surface area contributed by atoms with Crippen LogP contribution in [0.15, 0.2) is 0 Å². The third-order valence-electron chi connectivity index (χ3n) is 4.96. The minimum atomic E-state index is 0.311. The molecule has 2 unspecified atom stereocenters. The van der Waals surface area contributed by atoms with Crippen LogP contribution in [0, 0.1) is 5.92 Å². The molecule has 0 saturated heterocycles. The predicted octanol–water partition coefficient (Wildman–Crippen LogP) is 2.58. The van der Waals surface area contributed by atoms with Gasteiger partial charge in [0.2, 0.25) is 0 Å². The van der Waals surface area contributed by atoms with E-state index in [2.05, 4.69) is 24.3 Å². The van der Waals surface area contributed by atoms with Gasteiger partial charge < -0.3 is 10.4 Å². The van der Waals surface area contributed by atoms with Gasteiger partial charge in [-0.05, 0) is 31.6 Å². The average Bonchev–Trinajstić information content (AvgIpc) is 2.66. The highest BCUT2D eigenvalue weighted by molar-refractivity contribution is 5.26. The molecule has 1 aromatic heterocycles. The van der Waals surface area contributed by atoms with Crippen molar-refractivity contribution in [2.75, 3.05) is 6.61 Å². The third-order valence-corrected chi connectivity index (χ3v) is 4.96. The molecule has 0 amide bonds. The molecule has 4 heteroatoms. The molecule has 1 aromatic rings. The van der Waals surface area contributed by atoms with Gasteiger partial charge in [-0.25, -0.2) is 0 Å². The molecule has 2 rings (SSSR count). The van der Waals surface area contributed by atoms with E-state index >= 15 is 0 Å². The first-order chi connectivity index (χ1) is 10.2. The molecule has 1 aliphatic carbocycles. The molecule has 4 nitrogen and oxygen atoms in total. The molecule has 1 fully saturated rings. The van der Waals surface area contributed by atoms with Crippen LogP contribution in [0.25, 0.3) is 0 Å². The topological polar surface area (TPSA) is 50.1 Å². The summed E-state index contributed by atoms with van der Waals surface area (Å²) in [5, 5.41) is 18.0. The molecule has 0 bridgehead atoms. The van der Waals surface area contributed by atoms with Crippen LogP contribution in [-0.4, -0.2) is 27.5 Å². The summed E-state index contributed by atoms with van der Waals surface area (Å²) in [6.45, 7) is 5.57. The molecule has 2 N–H and O–H groups in total. The fourth-order valence-corrected chi connectivity index (χ4v) is 3.70. The number of aromatic nitrogens is 2. The Kier molecular flexibility index (Phi) is 6.24. The quantitative estimate of drug-likeness (QED) is 0.793. The van der Waals surface area contributed by atoms with Crippen LogP contribution in [0.5, 0.6) is 0 Å². The van der Waals surface area contributed by atoms with Gasteiger partial charge in [-0.2, -0.15) is 5.10 Å². The molecule has 21 heavy (non-hydrogen) atoms. The highest BCUT2D eigenvalue weighted by Gasteiger charge is 2.23. The standard InChI is InChI=1S/C17H31N3O/c1-4-15-14(17(5-2)20(3)19-15)11-18-16-10-8-6-7-9-13(16)12-21/h13,16,18,21H,4-12H2,1-3H3. The maximum Gasteiger partial charge on any atom is 0.0669 e. The van der Waals surface area contributed by atoms with Gasteiger partial charge in [-0.15, -0.1) is 0 Å². The molecule has 2 atom stereocenters. The minimum Gasteiger partial charge on any atom is -0.396 e. The van der Waals surface area contributed by atoms with Crippen molar-refractivity contribution in [3.8, 4) is 0 Å². The number of hydrogen-bond donors (Lipinski definition) is 2. The second kappa shape index (κ2) is 7.95. The summed E-state index contributed by atoms with van der Waals surface area (Å²) in [4.78, 5) is 0. The molecule has 0 aliphatic heterocycles. The van der Waals surface area contributed by atoms with Crippen molar-refractivity contribution >= 4 is 0 Å². The third kappa shape index (κ3) is 3.86. The van der Waals surface area contributed by atoms with Crippen LogP contribution in [0.1, 0.15) is 62.9 Å². The van der Waals surface area contributed by atoms with Gasteiger partial charge in [0.1, 0.15) is 0 Å². The first kappa shape index (κ1) is 16.5. The van der Waals surface area contributed by atoms with Crippen LogP contribution in [0.3, 0.4) is 0 Å². The summed E-state index contributed by atoms with van der Waals surface area (Å²) in [6, 6.07) is 0.451. The molecule has 120 valence electrons. The van der Waals surface area contributed by atoms with E-state index < -0.39 is 0 Å². The van der Waals surface area contributed by atoms with Crippen molar-refractivity contribution in [1.29, 1.82) is 0 Å². The number of nitrogens with one attached hydrogen (secondary N) is 1. The van der Waals surface area contributed by atoms with E-state index in [1.54, 1.807) is 0 Å². The summed E-state index contributed by atoms with van der Waals surface area (Å²) >= 11 is 0. The second-order valence-corrected chi connectivity index (χ2v) is 6.27. The molecule has 0 spiro atoms. The van der Waals surface area contributed by atoms with Crippen LogP contribution < -0.4 is 5.32 Å². The Hall–Kier alpha value is -0.870. The number of hydrogen-bond acceptors (Lipinski definition) is 3. The number of aliphatic hydroxyl groups is 1. The van der Waals surface area contributed by atoms with E-state index in [-0.39, 0.29) is 0 Å². The summed E-state index contributed by atoms with van der Waals surface area (Å²) in [7, 11) is 2.05. The van der Waals surface area contributed by atoms with Crippen molar-refractivity contribution in [3.05, 3.63) is 17.0 Å². The fraction of sp³-hybridized carbons (Fsp3) is 0.824. The van der Waals surface area contributed by atoms with Gasteiger partial charge in [-0.1, -0.05) is 33.1 Å². The zero-order valence-corrected chi connectivity index (χ0v) is 13.9. The number of aliphatic hydroxyl groups excluding tert-OH is 1. The zero-order valence-electron chi connectivity index (χ0n) is 13.9.